The van der Waals surface area contributed by atoms with E-state index in [1.54, 1.807) is 17.0 Å². The first kappa shape index (κ1) is 14.3. The van der Waals surface area contributed by atoms with Crippen molar-refractivity contribution in [3.05, 3.63) is 40.8 Å². The molecule has 106 valence electrons. The van der Waals surface area contributed by atoms with Crippen molar-refractivity contribution in [2.45, 2.75) is 19.3 Å². The highest BCUT2D eigenvalue weighted by Crippen LogP contribution is 2.36. The van der Waals surface area contributed by atoms with Crippen LogP contribution in [0.2, 0.25) is 0 Å². The zero-order valence-electron chi connectivity index (χ0n) is 11.1. The molecule has 1 saturated heterocycles. The van der Waals surface area contributed by atoms with Crippen LogP contribution in [0.4, 0.5) is 20.4 Å². The lowest BCUT2D eigenvalue weighted by Crippen LogP contribution is -2.46. The molecule has 1 aliphatic heterocycles. The van der Waals surface area contributed by atoms with Gasteiger partial charge < -0.3 is 4.90 Å². The lowest BCUT2D eigenvalue weighted by atomic mass is 9.93. The summed E-state index contributed by atoms with van der Waals surface area (Å²) < 4.78 is 27.3. The number of hydrogen-bond donors (Lipinski definition) is 0. The highest BCUT2D eigenvalue weighted by atomic mass is 19.3. The Kier molecular flexibility index (Phi) is 3.90. The first-order valence-corrected chi connectivity index (χ1v) is 6.25. The average Bonchev–Trinajstić information content (AvgIpc) is 2.38. The number of anilines is 1. The van der Waals surface area contributed by atoms with Gasteiger partial charge in [-0.05, 0) is 35.3 Å². The van der Waals surface area contributed by atoms with Crippen molar-refractivity contribution in [1.29, 1.82) is 0 Å². The van der Waals surface area contributed by atoms with E-state index in [1.165, 1.54) is 6.08 Å². The molecule has 2 rings (SSSR count). The Morgan fingerprint density at radius 2 is 2.35 bits per heavy atom. The fourth-order valence-electron chi connectivity index (χ4n) is 2.28. The lowest BCUT2D eigenvalue weighted by Gasteiger charge is -2.37. The maximum atomic E-state index is 13.7. The summed E-state index contributed by atoms with van der Waals surface area (Å²) in [4.78, 5) is 8.66. The molecule has 20 heavy (non-hydrogen) atoms. The van der Waals surface area contributed by atoms with Crippen LogP contribution in [0.1, 0.15) is 12.0 Å². The fourth-order valence-corrected chi connectivity index (χ4v) is 2.28. The van der Waals surface area contributed by atoms with Crippen molar-refractivity contribution in [3.63, 3.8) is 0 Å². The van der Waals surface area contributed by atoms with Crippen molar-refractivity contribution in [3.8, 4) is 0 Å². The molecule has 2 heterocycles. The Morgan fingerprint density at radius 3 is 3.00 bits per heavy atom. The molecular weight excluding hydrogens is 264 g/mol. The van der Waals surface area contributed by atoms with Crippen molar-refractivity contribution in [2.75, 3.05) is 18.0 Å². The molecule has 0 spiro atoms. The minimum absolute atomic E-state index is 0.155. The Balaban J connectivity index is 2.28. The zero-order valence-corrected chi connectivity index (χ0v) is 11.1. The van der Waals surface area contributed by atoms with Gasteiger partial charge in [0.25, 0.3) is 5.92 Å². The predicted octanol–water partition coefficient (Wildman–Crippen LogP) is 3.98. The van der Waals surface area contributed by atoms with Crippen LogP contribution < -0.4 is 4.90 Å². The second-order valence-electron chi connectivity index (χ2n) is 4.85. The maximum absolute atomic E-state index is 13.7. The van der Waals surface area contributed by atoms with Crippen LogP contribution in [0.3, 0.4) is 0 Å². The lowest BCUT2D eigenvalue weighted by molar-refractivity contribution is -0.0544. The Hall–Kier alpha value is -2.14. The molecule has 0 amide bonds. The highest BCUT2D eigenvalue weighted by Gasteiger charge is 2.42. The molecule has 1 aromatic heterocycles. The molecule has 1 aromatic rings. The number of pyridine rings is 1. The van der Waals surface area contributed by atoms with E-state index < -0.39 is 11.8 Å². The van der Waals surface area contributed by atoms with Gasteiger partial charge in [-0.1, -0.05) is 6.08 Å². The monoisotopic (exact) mass is 279 g/mol. The third kappa shape index (κ3) is 2.88. The van der Waals surface area contributed by atoms with Crippen LogP contribution in [-0.4, -0.2) is 24.0 Å². The Labute approximate surface area is 115 Å². The van der Waals surface area contributed by atoms with Crippen molar-refractivity contribution < 1.29 is 8.78 Å². The number of alkyl halides is 2. The van der Waals surface area contributed by atoms with E-state index in [0.29, 0.717) is 5.82 Å². The molecule has 0 N–H and O–H groups in total. The van der Waals surface area contributed by atoms with E-state index in [9.17, 15) is 8.78 Å². The van der Waals surface area contributed by atoms with Crippen molar-refractivity contribution in [1.82, 2.24) is 4.98 Å². The van der Waals surface area contributed by atoms with Crippen LogP contribution in [0.15, 0.2) is 29.9 Å². The van der Waals surface area contributed by atoms with Gasteiger partial charge in [-0.2, -0.15) is 0 Å². The molecule has 0 saturated carbocycles. The van der Waals surface area contributed by atoms with Gasteiger partial charge in [-0.3, -0.25) is 0 Å². The first-order chi connectivity index (χ1) is 9.46. The second-order valence-corrected chi connectivity index (χ2v) is 4.85. The summed E-state index contributed by atoms with van der Waals surface area (Å²) in [6, 6.07) is 3.44. The normalized spacial score (nSPS) is 21.1. The first-order valence-electron chi connectivity index (χ1n) is 6.25. The van der Waals surface area contributed by atoms with Crippen LogP contribution in [-0.2, 0) is 0 Å². The van der Waals surface area contributed by atoms with Crippen molar-refractivity contribution in [2.24, 2.45) is 11.0 Å². The number of hydrogen-bond acceptors (Lipinski definition) is 3. The smallest absolute Gasteiger partial charge is 0.257 e. The summed E-state index contributed by atoms with van der Waals surface area (Å²) in [5.74, 6) is -2.83. The van der Waals surface area contributed by atoms with Gasteiger partial charge in [-0.25, -0.2) is 13.8 Å². The molecule has 1 unspecified atom stereocenters. The molecule has 1 atom stereocenters. The fraction of sp³-hybridized carbons (Fsp3) is 0.462. The molecular formula is C13H15F2N5. The summed E-state index contributed by atoms with van der Waals surface area (Å²) in [7, 11) is 0. The van der Waals surface area contributed by atoms with E-state index >= 15 is 0 Å². The number of azide groups is 1. The quantitative estimate of drug-likeness (QED) is 0.363. The number of aromatic nitrogens is 1. The van der Waals surface area contributed by atoms with E-state index in [0.717, 1.165) is 5.56 Å². The molecule has 0 bridgehead atoms. The van der Waals surface area contributed by atoms with Gasteiger partial charge in [0.15, 0.2) is 0 Å². The molecule has 0 radical (unpaired) electrons. The molecule has 1 fully saturated rings. The summed E-state index contributed by atoms with van der Waals surface area (Å²) in [5, 5.41) is 3.47. The number of nitrogens with zero attached hydrogens (tertiary/aromatic N) is 5. The Bertz CT molecular complexity index is 566. The van der Waals surface area contributed by atoms with Crippen LogP contribution in [0.25, 0.3) is 10.4 Å². The molecule has 7 heteroatoms. The third-order valence-corrected chi connectivity index (χ3v) is 3.37. The van der Waals surface area contributed by atoms with E-state index in [1.807, 2.05) is 6.92 Å². The van der Waals surface area contributed by atoms with Crippen LogP contribution in [0.5, 0.6) is 0 Å². The van der Waals surface area contributed by atoms with Gasteiger partial charge in [0, 0.05) is 24.4 Å². The second kappa shape index (κ2) is 5.46. The zero-order chi connectivity index (χ0) is 14.8. The molecule has 0 aromatic carbocycles. The summed E-state index contributed by atoms with van der Waals surface area (Å²) in [5.41, 5.74) is 9.32. The van der Waals surface area contributed by atoms with Gasteiger partial charge in [0.2, 0.25) is 0 Å². The molecule has 0 aliphatic carbocycles. The molecule has 5 nitrogen and oxygen atoms in total. The number of halogens is 2. The van der Waals surface area contributed by atoms with Gasteiger partial charge in [0.05, 0.1) is 5.92 Å². The maximum Gasteiger partial charge on any atom is 0.257 e. The van der Waals surface area contributed by atoms with E-state index in [-0.39, 0.29) is 25.3 Å². The minimum atomic E-state index is -2.73. The number of piperidine rings is 1. The third-order valence-electron chi connectivity index (χ3n) is 3.37. The standard InChI is InChI=1S/C13H15F2N5/c1-3-10-8-20(5-4-13(10,14)15)12-7-9(2)6-11(17-12)18-19-16/h3,6-7,10H,1,4-5,8H2,2H3. The summed E-state index contributed by atoms with van der Waals surface area (Å²) in [6.45, 7) is 5.68. The highest BCUT2D eigenvalue weighted by molar-refractivity contribution is 5.48. The largest absolute Gasteiger partial charge is 0.356 e. The summed E-state index contributed by atoms with van der Waals surface area (Å²) >= 11 is 0. The average molecular weight is 279 g/mol. The summed E-state index contributed by atoms with van der Waals surface area (Å²) in [6.07, 6.45) is 1.05. The minimum Gasteiger partial charge on any atom is -0.356 e. The van der Waals surface area contributed by atoms with Gasteiger partial charge in [-0.15, -0.1) is 6.58 Å². The SMILES string of the molecule is C=CC1CN(c2cc(C)cc(N=[N+]=[N-])n2)CCC1(F)F. The van der Waals surface area contributed by atoms with Crippen LogP contribution >= 0.6 is 0 Å². The van der Waals surface area contributed by atoms with Crippen molar-refractivity contribution >= 4 is 11.6 Å². The van der Waals surface area contributed by atoms with Gasteiger partial charge in [0.1, 0.15) is 11.6 Å². The van der Waals surface area contributed by atoms with Gasteiger partial charge >= 0.3 is 0 Å². The van der Waals surface area contributed by atoms with Crippen LogP contribution in [0, 0.1) is 12.8 Å². The predicted molar refractivity (Wildman–Crippen MR) is 73.2 cm³/mol. The molecule has 1 aliphatic rings. The van der Waals surface area contributed by atoms with E-state index in [2.05, 4.69) is 21.6 Å². The number of aryl methyl sites for hydroxylation is 1. The Morgan fingerprint density at radius 1 is 1.60 bits per heavy atom. The topological polar surface area (TPSA) is 64.9 Å². The van der Waals surface area contributed by atoms with E-state index in [4.69, 9.17) is 5.53 Å². The number of rotatable bonds is 3.